The lowest BCUT2D eigenvalue weighted by Crippen LogP contribution is -2.05. The van der Waals surface area contributed by atoms with Gasteiger partial charge >= 0.3 is 0 Å². The van der Waals surface area contributed by atoms with Gasteiger partial charge in [0.25, 0.3) is 5.56 Å². The summed E-state index contributed by atoms with van der Waals surface area (Å²) in [4.78, 5) is 31.3. The fraction of sp³-hybridized carbons (Fsp3) is 0. The number of fused-ring (bicyclic) bond motifs is 6. The summed E-state index contributed by atoms with van der Waals surface area (Å²) in [5.41, 5.74) is 1.15. The van der Waals surface area contributed by atoms with E-state index in [0.717, 1.165) is 5.52 Å². The van der Waals surface area contributed by atoms with E-state index in [1.807, 2.05) is 0 Å². The van der Waals surface area contributed by atoms with Crippen LogP contribution in [0.2, 0.25) is 0 Å². The molecule has 26 heavy (non-hydrogen) atoms. The van der Waals surface area contributed by atoms with Crippen LogP contribution in [0.1, 0.15) is 0 Å². The van der Waals surface area contributed by atoms with Crippen LogP contribution < -0.4 is 5.56 Å². The lowest BCUT2D eigenvalue weighted by Gasteiger charge is -2.05. The van der Waals surface area contributed by atoms with Crippen LogP contribution in [0.5, 0.6) is 0 Å². The van der Waals surface area contributed by atoms with E-state index in [4.69, 9.17) is 0 Å². The lowest BCUT2D eigenvalue weighted by molar-refractivity contribution is 0.630. The minimum atomic E-state index is -0.397. The normalized spacial score (nSPS) is 11.6. The Morgan fingerprint density at radius 2 is 2.00 bits per heavy atom. The van der Waals surface area contributed by atoms with Gasteiger partial charge in [0.05, 0.1) is 22.6 Å². The quantitative estimate of drug-likeness (QED) is 0.468. The number of benzene rings is 2. The maximum Gasteiger partial charge on any atom is 0.256 e. The predicted molar refractivity (Wildman–Crippen MR) is 97.8 cm³/mol. The number of hydrogen-bond acceptors (Lipinski definition) is 5. The maximum absolute atomic E-state index is 13.8. The Morgan fingerprint density at radius 3 is 2.85 bits per heavy atom. The van der Waals surface area contributed by atoms with Crippen molar-refractivity contribution in [3.63, 3.8) is 0 Å². The number of pyridine rings is 1. The SMILES string of the molecule is O=c1[nH]ccc2c3[nH]c(Sc4cnccn4)nc3c3ccc(F)cc3c12. The number of hydrogen-bond donors (Lipinski definition) is 2. The molecule has 0 aliphatic carbocycles. The van der Waals surface area contributed by atoms with Gasteiger partial charge in [-0.05, 0) is 36.0 Å². The van der Waals surface area contributed by atoms with Crippen molar-refractivity contribution in [3.05, 3.63) is 65.2 Å². The van der Waals surface area contributed by atoms with E-state index < -0.39 is 5.82 Å². The Morgan fingerprint density at radius 1 is 1.08 bits per heavy atom. The molecule has 0 bridgehead atoms. The van der Waals surface area contributed by atoms with Gasteiger partial charge in [-0.2, -0.15) is 0 Å². The molecule has 2 N–H and O–H groups in total. The zero-order chi connectivity index (χ0) is 17.7. The second kappa shape index (κ2) is 5.63. The van der Waals surface area contributed by atoms with Gasteiger partial charge in [0.15, 0.2) is 5.16 Å². The highest BCUT2D eigenvalue weighted by Crippen LogP contribution is 2.34. The second-order valence-corrected chi connectivity index (χ2v) is 6.71. The average molecular weight is 363 g/mol. The highest BCUT2D eigenvalue weighted by atomic mass is 32.2. The van der Waals surface area contributed by atoms with Crippen LogP contribution >= 0.6 is 11.8 Å². The molecule has 0 saturated heterocycles. The van der Waals surface area contributed by atoms with Gasteiger partial charge in [0, 0.05) is 34.7 Å². The average Bonchev–Trinajstić information content (AvgIpc) is 3.06. The molecule has 5 rings (SSSR count). The summed E-state index contributed by atoms with van der Waals surface area (Å²) in [6, 6.07) is 6.18. The third-order valence-electron chi connectivity index (χ3n) is 4.16. The molecule has 0 aliphatic rings. The van der Waals surface area contributed by atoms with E-state index in [9.17, 15) is 9.18 Å². The van der Waals surface area contributed by atoms with E-state index in [-0.39, 0.29) is 5.56 Å². The molecule has 0 saturated carbocycles. The summed E-state index contributed by atoms with van der Waals surface area (Å²) in [5, 5.41) is 3.71. The topological polar surface area (TPSA) is 87.3 Å². The van der Waals surface area contributed by atoms with Crippen LogP contribution in [-0.4, -0.2) is 24.9 Å². The summed E-state index contributed by atoms with van der Waals surface area (Å²) in [7, 11) is 0. The molecule has 0 fully saturated rings. The molecule has 6 nitrogen and oxygen atoms in total. The Bertz CT molecular complexity index is 1350. The number of aromatic amines is 2. The standard InChI is InChI=1S/C18H10FN5OS/c19-9-1-2-10-12(7-9)14-11(3-4-22-17(14)25)16-15(10)23-18(24-16)26-13-8-20-5-6-21-13/h1-8H,(H,22,25)(H,23,24). The van der Waals surface area contributed by atoms with Crippen molar-refractivity contribution in [2.24, 2.45) is 0 Å². The van der Waals surface area contributed by atoms with Crippen molar-refractivity contribution in [1.29, 1.82) is 0 Å². The van der Waals surface area contributed by atoms with Gasteiger partial charge in [-0.3, -0.25) is 9.78 Å². The van der Waals surface area contributed by atoms with Crippen LogP contribution in [0.15, 0.2) is 64.0 Å². The minimum absolute atomic E-state index is 0.266. The van der Waals surface area contributed by atoms with Crippen molar-refractivity contribution in [1.82, 2.24) is 24.9 Å². The number of halogens is 1. The van der Waals surface area contributed by atoms with Crippen molar-refractivity contribution in [2.45, 2.75) is 10.2 Å². The molecular weight excluding hydrogens is 353 g/mol. The molecule has 0 amide bonds. The zero-order valence-corrected chi connectivity index (χ0v) is 14.0. The molecule has 3 aromatic heterocycles. The molecule has 5 aromatic rings. The molecule has 0 unspecified atom stereocenters. The number of H-pyrrole nitrogens is 2. The predicted octanol–water partition coefficient (Wildman–Crippen LogP) is 3.64. The Balaban J connectivity index is 1.87. The largest absolute Gasteiger partial charge is 0.332 e. The van der Waals surface area contributed by atoms with E-state index in [1.165, 1.54) is 23.9 Å². The molecular formula is C18H10FN5OS. The summed E-state index contributed by atoms with van der Waals surface area (Å²) in [5.74, 6) is -0.397. The summed E-state index contributed by atoms with van der Waals surface area (Å²) >= 11 is 1.34. The van der Waals surface area contributed by atoms with Crippen LogP contribution in [0, 0.1) is 5.82 Å². The third kappa shape index (κ3) is 2.26. The Kier molecular flexibility index (Phi) is 3.26. The fourth-order valence-corrected chi connectivity index (χ4v) is 3.83. The molecule has 0 atom stereocenters. The highest BCUT2D eigenvalue weighted by Gasteiger charge is 2.16. The first kappa shape index (κ1) is 15.0. The molecule has 3 heterocycles. The van der Waals surface area contributed by atoms with Crippen molar-refractivity contribution >= 4 is 44.3 Å². The highest BCUT2D eigenvalue weighted by molar-refractivity contribution is 7.99. The smallest absolute Gasteiger partial charge is 0.256 e. The molecule has 0 aliphatic heterocycles. The van der Waals surface area contributed by atoms with E-state index in [2.05, 4.69) is 24.9 Å². The molecule has 8 heteroatoms. The van der Waals surface area contributed by atoms with Crippen molar-refractivity contribution in [3.8, 4) is 0 Å². The Labute approximate surface area is 149 Å². The number of rotatable bonds is 2. The Hall–Kier alpha value is -3.26. The maximum atomic E-state index is 13.8. The summed E-state index contributed by atoms with van der Waals surface area (Å²) in [6.07, 6.45) is 6.43. The second-order valence-electron chi connectivity index (χ2n) is 5.70. The number of nitrogens with zero attached hydrogens (tertiary/aromatic N) is 3. The van der Waals surface area contributed by atoms with Gasteiger partial charge < -0.3 is 9.97 Å². The van der Waals surface area contributed by atoms with E-state index in [1.54, 1.807) is 36.9 Å². The van der Waals surface area contributed by atoms with Crippen LogP contribution in [0.4, 0.5) is 4.39 Å². The fourth-order valence-electron chi connectivity index (χ4n) is 3.11. The van der Waals surface area contributed by atoms with Crippen molar-refractivity contribution < 1.29 is 4.39 Å². The van der Waals surface area contributed by atoms with Crippen LogP contribution in [0.25, 0.3) is 32.6 Å². The van der Waals surface area contributed by atoms with Crippen LogP contribution in [0.3, 0.4) is 0 Å². The first-order chi connectivity index (χ1) is 12.7. The summed E-state index contributed by atoms with van der Waals surface area (Å²) in [6.45, 7) is 0. The molecule has 2 aromatic carbocycles. The zero-order valence-electron chi connectivity index (χ0n) is 13.2. The van der Waals surface area contributed by atoms with Gasteiger partial charge in [-0.15, -0.1) is 0 Å². The van der Waals surface area contributed by atoms with Gasteiger partial charge in [0.1, 0.15) is 10.8 Å². The molecule has 126 valence electrons. The van der Waals surface area contributed by atoms with E-state index >= 15 is 0 Å². The monoisotopic (exact) mass is 363 g/mol. The summed E-state index contributed by atoms with van der Waals surface area (Å²) < 4.78 is 13.8. The molecule has 0 spiro atoms. The first-order valence-electron chi connectivity index (χ1n) is 7.77. The van der Waals surface area contributed by atoms with Gasteiger partial charge in [-0.25, -0.2) is 14.4 Å². The van der Waals surface area contributed by atoms with Gasteiger partial charge in [-0.1, -0.05) is 0 Å². The molecule has 0 radical (unpaired) electrons. The van der Waals surface area contributed by atoms with Gasteiger partial charge in [0.2, 0.25) is 0 Å². The van der Waals surface area contributed by atoms with E-state index in [0.29, 0.717) is 37.2 Å². The first-order valence-corrected chi connectivity index (χ1v) is 8.58. The third-order valence-corrected chi connectivity index (χ3v) is 4.97. The number of nitrogens with one attached hydrogen (secondary N) is 2. The number of aromatic nitrogens is 5. The van der Waals surface area contributed by atoms with Crippen LogP contribution in [-0.2, 0) is 0 Å². The minimum Gasteiger partial charge on any atom is -0.332 e. The lowest BCUT2D eigenvalue weighted by atomic mass is 10.0. The number of imidazole rings is 1. The van der Waals surface area contributed by atoms with Crippen molar-refractivity contribution in [2.75, 3.05) is 0 Å².